The molecule has 2 aromatic carbocycles. The molecule has 3 aromatic rings. The van der Waals surface area contributed by atoms with Crippen LogP contribution in [0, 0.1) is 0 Å². The predicted octanol–water partition coefficient (Wildman–Crippen LogP) is 5.57. The van der Waals surface area contributed by atoms with Gasteiger partial charge >= 0.3 is 11.9 Å². The number of ketones is 1. The van der Waals surface area contributed by atoms with Crippen molar-refractivity contribution in [3.8, 4) is 22.8 Å². The number of benzene rings is 2. The Kier molecular flexibility index (Phi) is 8.12. The van der Waals surface area contributed by atoms with Crippen molar-refractivity contribution >= 4 is 17.4 Å². The number of nitrogens with zero attached hydrogens (tertiary/aromatic N) is 2. The van der Waals surface area contributed by atoms with Gasteiger partial charge in [-0.3, -0.25) is 9.78 Å². The normalized spacial score (nSPS) is 13.5. The standard InChI is InChI=1S/C25H25ClF3N3O3/c1-4-6-15-7-5-8-17(13-15)21-30-22(32-23(34)31-21)18-14-16(9-11-19(18)26)10-12-20(33)24(2,35-3)25(27,28)29/h5,7-9,11,13-14H,4,6,10,12H2,1-3H3,(H,30,31,32,34)/t24-/m1/s1. The Balaban J connectivity index is 1.91. The average Bonchev–Trinajstić information content (AvgIpc) is 2.82. The highest BCUT2D eigenvalue weighted by atomic mass is 35.5. The molecule has 1 aromatic heterocycles. The van der Waals surface area contributed by atoms with Crippen molar-refractivity contribution in [2.24, 2.45) is 0 Å². The van der Waals surface area contributed by atoms with Gasteiger partial charge in [0.05, 0.1) is 5.02 Å². The first-order valence-electron chi connectivity index (χ1n) is 11.0. The lowest BCUT2D eigenvalue weighted by Gasteiger charge is -2.29. The van der Waals surface area contributed by atoms with Gasteiger partial charge in [0.2, 0.25) is 5.60 Å². The van der Waals surface area contributed by atoms with Crippen molar-refractivity contribution in [1.82, 2.24) is 15.0 Å². The van der Waals surface area contributed by atoms with Crippen LogP contribution in [0.15, 0.2) is 47.3 Å². The minimum atomic E-state index is -4.84. The van der Waals surface area contributed by atoms with Crippen molar-refractivity contribution < 1.29 is 22.7 Å². The van der Waals surface area contributed by atoms with E-state index in [1.54, 1.807) is 18.2 Å². The summed E-state index contributed by atoms with van der Waals surface area (Å²) in [5.41, 5.74) is -0.837. The average molecular weight is 508 g/mol. The van der Waals surface area contributed by atoms with Crippen LogP contribution in [0.4, 0.5) is 13.2 Å². The Morgan fingerprint density at radius 2 is 1.80 bits per heavy atom. The molecule has 3 rings (SSSR count). The summed E-state index contributed by atoms with van der Waals surface area (Å²) in [5.74, 6) is -0.704. The lowest BCUT2D eigenvalue weighted by molar-refractivity contribution is -0.252. The number of carbonyl (C=O) groups is 1. The largest absolute Gasteiger partial charge is 0.424 e. The van der Waals surface area contributed by atoms with Gasteiger partial charge in [0.1, 0.15) is 5.82 Å². The topological polar surface area (TPSA) is 84.9 Å². The molecule has 1 heterocycles. The zero-order valence-corrected chi connectivity index (χ0v) is 20.3. The number of aromatic nitrogens is 3. The van der Waals surface area contributed by atoms with Gasteiger partial charge in [0.15, 0.2) is 11.6 Å². The van der Waals surface area contributed by atoms with Crippen molar-refractivity contribution in [3.63, 3.8) is 0 Å². The maximum atomic E-state index is 13.3. The Morgan fingerprint density at radius 1 is 1.09 bits per heavy atom. The van der Waals surface area contributed by atoms with E-state index >= 15 is 0 Å². The van der Waals surface area contributed by atoms with E-state index in [9.17, 15) is 22.8 Å². The number of aromatic amines is 1. The summed E-state index contributed by atoms with van der Waals surface area (Å²) in [7, 11) is 0.854. The van der Waals surface area contributed by atoms with E-state index in [-0.39, 0.29) is 23.1 Å². The maximum Gasteiger partial charge on any atom is 0.424 e. The predicted molar refractivity (Wildman–Crippen MR) is 127 cm³/mol. The number of rotatable bonds is 9. The monoisotopic (exact) mass is 507 g/mol. The van der Waals surface area contributed by atoms with Gasteiger partial charge in [-0.2, -0.15) is 18.2 Å². The number of ether oxygens (including phenoxy) is 1. The minimum absolute atomic E-state index is 0.0132. The fourth-order valence-electron chi connectivity index (χ4n) is 3.59. The van der Waals surface area contributed by atoms with Crippen LogP contribution in [-0.2, 0) is 22.4 Å². The zero-order valence-electron chi connectivity index (χ0n) is 19.5. The molecule has 0 aliphatic heterocycles. The quantitative estimate of drug-likeness (QED) is 0.409. The molecular weight excluding hydrogens is 483 g/mol. The summed E-state index contributed by atoms with van der Waals surface area (Å²) in [6.07, 6.45) is -3.40. The van der Waals surface area contributed by atoms with Crippen LogP contribution in [0.3, 0.4) is 0 Å². The second-order valence-electron chi connectivity index (χ2n) is 8.25. The zero-order chi connectivity index (χ0) is 25.8. The molecule has 1 atom stereocenters. The van der Waals surface area contributed by atoms with E-state index < -0.39 is 29.7 Å². The van der Waals surface area contributed by atoms with Crippen LogP contribution in [0.25, 0.3) is 22.8 Å². The highest BCUT2D eigenvalue weighted by molar-refractivity contribution is 6.33. The molecule has 0 spiro atoms. The van der Waals surface area contributed by atoms with Crippen LogP contribution in [0.1, 0.15) is 37.8 Å². The van der Waals surface area contributed by atoms with Crippen LogP contribution in [-0.4, -0.2) is 39.6 Å². The Morgan fingerprint density at radius 3 is 2.46 bits per heavy atom. The molecular formula is C25H25ClF3N3O3. The van der Waals surface area contributed by atoms with Crippen molar-refractivity contribution in [2.45, 2.75) is 51.3 Å². The molecule has 1 N–H and O–H groups in total. The van der Waals surface area contributed by atoms with Crippen LogP contribution in [0.5, 0.6) is 0 Å². The second kappa shape index (κ2) is 10.7. The Bertz CT molecular complexity index is 1280. The number of H-pyrrole nitrogens is 1. The smallest absolute Gasteiger partial charge is 0.362 e. The first kappa shape index (κ1) is 26.6. The third-order valence-corrected chi connectivity index (χ3v) is 6.11. The molecule has 0 amide bonds. The SMILES string of the molecule is CCCc1cccc(-c2nc(-c3cc(CCC(=O)[C@@](C)(OC)C(F)(F)F)ccc3Cl)[nH]c(=O)n2)c1. The molecule has 186 valence electrons. The van der Waals surface area contributed by atoms with E-state index in [2.05, 4.69) is 26.6 Å². The van der Waals surface area contributed by atoms with Gasteiger partial charge in [-0.05, 0) is 49.1 Å². The van der Waals surface area contributed by atoms with Crippen molar-refractivity contribution in [1.29, 1.82) is 0 Å². The van der Waals surface area contributed by atoms with Gasteiger partial charge in [-0.1, -0.05) is 49.2 Å². The number of alkyl halides is 3. The highest BCUT2D eigenvalue weighted by Crippen LogP contribution is 2.35. The lowest BCUT2D eigenvalue weighted by Crippen LogP contribution is -2.51. The molecule has 35 heavy (non-hydrogen) atoms. The summed E-state index contributed by atoms with van der Waals surface area (Å²) in [5, 5.41) is 0.275. The summed E-state index contributed by atoms with van der Waals surface area (Å²) < 4.78 is 44.4. The Labute approximate surface area is 205 Å². The van der Waals surface area contributed by atoms with E-state index in [0.717, 1.165) is 25.5 Å². The molecule has 0 aliphatic carbocycles. The first-order valence-corrected chi connectivity index (χ1v) is 11.4. The van der Waals surface area contributed by atoms with Gasteiger partial charge in [-0.25, -0.2) is 9.78 Å². The van der Waals surface area contributed by atoms with Crippen molar-refractivity contribution in [2.75, 3.05) is 7.11 Å². The molecule has 0 saturated heterocycles. The van der Waals surface area contributed by atoms with Gasteiger partial charge in [-0.15, -0.1) is 0 Å². The number of aryl methyl sites for hydroxylation is 2. The second-order valence-corrected chi connectivity index (χ2v) is 8.66. The molecule has 0 saturated carbocycles. The molecule has 0 fully saturated rings. The lowest BCUT2D eigenvalue weighted by atomic mass is 9.94. The van der Waals surface area contributed by atoms with Gasteiger partial charge in [0, 0.05) is 24.7 Å². The first-order chi connectivity index (χ1) is 16.5. The molecule has 0 aliphatic rings. The molecule has 0 unspecified atom stereocenters. The number of carbonyl (C=O) groups excluding carboxylic acids is 1. The van der Waals surface area contributed by atoms with Gasteiger partial charge < -0.3 is 4.74 Å². The fourth-order valence-corrected chi connectivity index (χ4v) is 3.80. The molecule has 0 radical (unpaired) electrons. The van der Waals surface area contributed by atoms with E-state index in [4.69, 9.17) is 11.6 Å². The van der Waals surface area contributed by atoms with Crippen molar-refractivity contribution in [3.05, 3.63) is 69.1 Å². The summed E-state index contributed by atoms with van der Waals surface area (Å²) >= 11 is 6.35. The molecule has 10 heteroatoms. The summed E-state index contributed by atoms with van der Waals surface area (Å²) in [4.78, 5) is 35.6. The molecule has 6 nitrogen and oxygen atoms in total. The minimum Gasteiger partial charge on any atom is -0.362 e. The van der Waals surface area contributed by atoms with Crippen LogP contribution < -0.4 is 5.69 Å². The molecule has 0 bridgehead atoms. The number of halogens is 4. The van der Waals surface area contributed by atoms with Crippen LogP contribution >= 0.6 is 11.6 Å². The third kappa shape index (κ3) is 5.97. The number of methoxy groups -OCH3 is 1. The number of nitrogens with one attached hydrogen (secondary N) is 1. The number of Topliss-reactive ketones (excluding diaryl/α,β-unsaturated/α-hetero) is 1. The number of hydrogen-bond acceptors (Lipinski definition) is 5. The summed E-state index contributed by atoms with van der Waals surface area (Å²) in [6.45, 7) is 2.78. The van der Waals surface area contributed by atoms with Gasteiger partial charge in [0.25, 0.3) is 0 Å². The fraction of sp³-hybridized carbons (Fsp3) is 0.360. The summed E-state index contributed by atoms with van der Waals surface area (Å²) in [6, 6.07) is 12.3. The number of hydrogen-bond donors (Lipinski definition) is 1. The Hall–Kier alpha value is -3.04. The highest BCUT2D eigenvalue weighted by Gasteiger charge is 2.56. The third-order valence-electron chi connectivity index (χ3n) is 5.78. The van der Waals surface area contributed by atoms with E-state index in [0.29, 0.717) is 23.6 Å². The van der Waals surface area contributed by atoms with E-state index in [1.807, 2.05) is 18.2 Å². The van der Waals surface area contributed by atoms with Crippen LogP contribution in [0.2, 0.25) is 5.02 Å². The van der Waals surface area contributed by atoms with E-state index in [1.165, 1.54) is 6.07 Å². The maximum absolute atomic E-state index is 13.3.